The Kier molecular flexibility index (Phi) is 13.2. The quantitative estimate of drug-likeness (QED) is 0.0956. The van der Waals surface area contributed by atoms with Crippen molar-refractivity contribution in [2.75, 3.05) is 19.6 Å². The molecule has 0 spiro atoms. The first-order valence-corrected chi connectivity index (χ1v) is 19.9. The number of benzene rings is 2. The van der Waals surface area contributed by atoms with E-state index in [9.17, 15) is 0 Å². The minimum absolute atomic E-state index is 0.0217. The van der Waals surface area contributed by atoms with Crippen LogP contribution in [0.4, 0.5) is 0 Å². The molecular formula is C40H66N2S3. The molecule has 0 amide bonds. The molecule has 254 valence electrons. The molecule has 1 unspecified atom stereocenters. The minimum Gasteiger partial charge on any atom is -0.317 e. The van der Waals surface area contributed by atoms with Gasteiger partial charge < -0.3 is 5.32 Å². The Labute approximate surface area is 291 Å². The number of nitrogens with one attached hydrogen (secondary N) is 2. The normalized spacial score (nSPS) is 16.9. The largest absolute Gasteiger partial charge is 0.317 e. The first-order chi connectivity index (χ1) is 20.6. The van der Waals surface area contributed by atoms with E-state index in [1.807, 2.05) is 35.5 Å². The molecule has 0 saturated carbocycles. The van der Waals surface area contributed by atoms with Gasteiger partial charge in [0.15, 0.2) is 0 Å². The lowest BCUT2D eigenvalue weighted by molar-refractivity contribution is 0.448. The lowest BCUT2D eigenvalue weighted by Crippen LogP contribution is -2.28. The summed E-state index contributed by atoms with van der Waals surface area (Å²) in [5.41, 5.74) is 7.73. The molecule has 1 aliphatic rings. The third-order valence-electron chi connectivity index (χ3n) is 9.16. The Morgan fingerprint density at radius 1 is 0.711 bits per heavy atom. The van der Waals surface area contributed by atoms with Crippen molar-refractivity contribution in [2.45, 2.75) is 170 Å². The van der Waals surface area contributed by atoms with Gasteiger partial charge in [0, 0.05) is 21.6 Å². The Morgan fingerprint density at radius 3 is 1.78 bits per heavy atom. The number of thioether (sulfide) groups is 2. The fraction of sp³-hybridized carbons (Fsp3) is 0.700. The fourth-order valence-corrected chi connectivity index (χ4v) is 9.88. The predicted molar refractivity (Wildman–Crippen MR) is 208 cm³/mol. The number of hydrogen-bond donors (Lipinski definition) is 2. The van der Waals surface area contributed by atoms with Crippen molar-refractivity contribution in [2.24, 2.45) is 0 Å². The van der Waals surface area contributed by atoms with Crippen LogP contribution in [0.5, 0.6) is 0 Å². The SMILES string of the molecule is Cc1c(C(C)(C)C)cc(SC(C)(C)Sc2cc(C(C)(C)C)cc(C(C)(C)C)c2)cc1C(C)(C)CCNCCCCC1CCNS1. The molecule has 2 nitrogen and oxygen atoms in total. The lowest BCUT2D eigenvalue weighted by Gasteiger charge is -2.33. The van der Waals surface area contributed by atoms with Crippen molar-refractivity contribution in [1.29, 1.82) is 0 Å². The second kappa shape index (κ2) is 15.3. The lowest BCUT2D eigenvalue weighted by atomic mass is 9.74. The van der Waals surface area contributed by atoms with Gasteiger partial charge in [-0.2, -0.15) is 0 Å². The van der Waals surface area contributed by atoms with Gasteiger partial charge in [0.1, 0.15) is 0 Å². The van der Waals surface area contributed by atoms with Crippen LogP contribution < -0.4 is 10.0 Å². The van der Waals surface area contributed by atoms with Crippen LogP contribution in [0.15, 0.2) is 40.1 Å². The van der Waals surface area contributed by atoms with Crippen molar-refractivity contribution in [1.82, 2.24) is 10.0 Å². The molecule has 3 rings (SSSR count). The average molecular weight is 671 g/mol. The van der Waals surface area contributed by atoms with E-state index >= 15 is 0 Å². The predicted octanol–water partition coefficient (Wildman–Crippen LogP) is 11.9. The van der Waals surface area contributed by atoms with Gasteiger partial charge in [-0.25, -0.2) is 0 Å². The van der Waals surface area contributed by atoms with Crippen molar-refractivity contribution < 1.29 is 0 Å². The highest BCUT2D eigenvalue weighted by Gasteiger charge is 2.30. The summed E-state index contributed by atoms with van der Waals surface area (Å²) in [6.45, 7) is 36.5. The average Bonchev–Trinajstić information content (AvgIpc) is 3.40. The molecule has 2 aromatic carbocycles. The highest BCUT2D eigenvalue weighted by Crippen LogP contribution is 2.48. The van der Waals surface area contributed by atoms with E-state index in [0.717, 1.165) is 24.8 Å². The minimum atomic E-state index is -0.0217. The zero-order valence-electron chi connectivity index (χ0n) is 31.3. The van der Waals surface area contributed by atoms with E-state index in [1.54, 1.807) is 0 Å². The van der Waals surface area contributed by atoms with Crippen LogP contribution in [0.2, 0.25) is 0 Å². The first-order valence-electron chi connectivity index (χ1n) is 17.4. The molecule has 5 heteroatoms. The zero-order chi connectivity index (χ0) is 33.8. The Hall–Kier alpha value is -0.590. The van der Waals surface area contributed by atoms with E-state index in [0.29, 0.717) is 0 Å². The molecule has 2 N–H and O–H groups in total. The highest BCUT2D eigenvalue weighted by molar-refractivity contribution is 8.18. The van der Waals surface area contributed by atoms with Crippen molar-refractivity contribution in [3.63, 3.8) is 0 Å². The molecule has 2 aromatic rings. The highest BCUT2D eigenvalue weighted by atomic mass is 32.2. The molecule has 45 heavy (non-hydrogen) atoms. The van der Waals surface area contributed by atoms with Gasteiger partial charge in [-0.3, -0.25) is 4.72 Å². The molecule has 0 aliphatic carbocycles. The molecule has 0 radical (unpaired) electrons. The summed E-state index contributed by atoms with van der Waals surface area (Å²) in [6.07, 6.45) is 6.42. The summed E-state index contributed by atoms with van der Waals surface area (Å²) >= 11 is 5.99. The maximum atomic E-state index is 3.78. The summed E-state index contributed by atoms with van der Waals surface area (Å²) in [6, 6.07) is 12.3. The summed E-state index contributed by atoms with van der Waals surface area (Å²) in [5.74, 6) is 0. The van der Waals surface area contributed by atoms with E-state index in [2.05, 4.69) is 137 Å². The number of rotatable bonds is 13. The molecule has 1 atom stereocenters. The van der Waals surface area contributed by atoms with Crippen LogP contribution in [0.25, 0.3) is 0 Å². The second-order valence-electron chi connectivity index (χ2n) is 17.5. The molecule has 1 saturated heterocycles. The Bertz CT molecular complexity index is 1220. The maximum Gasteiger partial charge on any atom is 0.0649 e. The summed E-state index contributed by atoms with van der Waals surface area (Å²) in [4.78, 5) is 2.76. The molecule has 1 heterocycles. The van der Waals surface area contributed by atoms with E-state index in [-0.39, 0.29) is 25.7 Å². The third kappa shape index (κ3) is 11.8. The Morgan fingerprint density at radius 2 is 1.27 bits per heavy atom. The molecule has 1 aliphatic heterocycles. The monoisotopic (exact) mass is 670 g/mol. The topological polar surface area (TPSA) is 24.1 Å². The van der Waals surface area contributed by atoms with Crippen molar-refractivity contribution >= 4 is 35.5 Å². The summed E-state index contributed by atoms with van der Waals surface area (Å²) < 4.78 is 3.40. The number of hydrogen-bond acceptors (Lipinski definition) is 5. The number of unbranched alkanes of at least 4 members (excludes halogenated alkanes) is 1. The van der Waals surface area contributed by atoms with E-state index in [1.165, 1.54) is 69.8 Å². The van der Waals surface area contributed by atoms with Gasteiger partial charge in [-0.05, 0) is 133 Å². The van der Waals surface area contributed by atoms with E-state index in [4.69, 9.17) is 0 Å². The second-order valence-corrected chi connectivity index (χ2v) is 22.4. The smallest absolute Gasteiger partial charge is 0.0649 e. The van der Waals surface area contributed by atoms with Crippen LogP contribution in [-0.4, -0.2) is 29.0 Å². The maximum absolute atomic E-state index is 3.78. The first kappa shape index (κ1) is 38.9. The molecule has 0 aromatic heterocycles. The van der Waals surface area contributed by atoms with Gasteiger partial charge in [0.2, 0.25) is 0 Å². The van der Waals surface area contributed by atoms with E-state index < -0.39 is 0 Å². The van der Waals surface area contributed by atoms with Crippen LogP contribution in [0.1, 0.15) is 150 Å². The van der Waals surface area contributed by atoms with Crippen LogP contribution in [-0.2, 0) is 21.7 Å². The molecule has 0 bridgehead atoms. The van der Waals surface area contributed by atoms with Crippen LogP contribution >= 0.6 is 35.5 Å². The van der Waals surface area contributed by atoms with Gasteiger partial charge in [-0.15, -0.1) is 23.5 Å². The fourth-order valence-electron chi connectivity index (χ4n) is 6.28. The standard InChI is InChI=1S/C40H66N2S3/c1-28-34(38(8,9)10)26-33(27-35(28)39(11,12)19-22-41-20-16-15-17-31-18-21-42-45-31)44-40(13,14)43-32-24-29(36(2,3)4)23-30(25-32)37(5,6)7/h23-27,31,41-42H,15-22H2,1-14H3. The van der Waals surface area contributed by atoms with Crippen LogP contribution in [0, 0.1) is 6.92 Å². The molecule has 1 fully saturated rings. The van der Waals surface area contributed by atoms with Gasteiger partial charge in [0.25, 0.3) is 0 Å². The summed E-state index contributed by atoms with van der Waals surface area (Å²) in [5, 5.41) is 4.61. The zero-order valence-corrected chi connectivity index (χ0v) is 33.8. The third-order valence-corrected chi connectivity index (χ3v) is 12.8. The van der Waals surface area contributed by atoms with Gasteiger partial charge in [0.05, 0.1) is 4.08 Å². The van der Waals surface area contributed by atoms with Crippen molar-refractivity contribution in [3.05, 3.63) is 58.1 Å². The van der Waals surface area contributed by atoms with Crippen LogP contribution in [0.3, 0.4) is 0 Å². The van der Waals surface area contributed by atoms with Gasteiger partial charge >= 0.3 is 0 Å². The van der Waals surface area contributed by atoms with Crippen molar-refractivity contribution in [3.8, 4) is 0 Å². The Balaban J connectivity index is 1.78. The molecular weight excluding hydrogens is 605 g/mol. The van der Waals surface area contributed by atoms with Gasteiger partial charge in [-0.1, -0.05) is 101 Å². The summed E-state index contributed by atoms with van der Waals surface area (Å²) in [7, 11) is 0.